The standard InChI is InChI=1S/C13H19N3/c1-2-8-15-13(14)16-12-9-11(12)10-6-4-3-5-7-10/h3-7,11-12H,2,8-9H2,1H3,(H3,14,15,16). The fourth-order valence-corrected chi connectivity index (χ4v) is 1.89. The molecule has 3 heteroatoms. The average molecular weight is 217 g/mol. The average Bonchev–Trinajstić information content (AvgIpc) is 3.07. The smallest absolute Gasteiger partial charge is 0.188 e. The van der Waals surface area contributed by atoms with E-state index >= 15 is 0 Å². The Morgan fingerprint density at radius 1 is 1.44 bits per heavy atom. The van der Waals surface area contributed by atoms with Gasteiger partial charge in [-0.15, -0.1) is 0 Å². The molecule has 0 heterocycles. The highest BCUT2D eigenvalue weighted by Crippen LogP contribution is 2.40. The summed E-state index contributed by atoms with van der Waals surface area (Å²) in [6.45, 7) is 2.90. The van der Waals surface area contributed by atoms with Crippen molar-refractivity contribution in [1.82, 2.24) is 5.32 Å². The van der Waals surface area contributed by atoms with Gasteiger partial charge >= 0.3 is 0 Å². The molecule has 3 nitrogen and oxygen atoms in total. The van der Waals surface area contributed by atoms with E-state index in [1.807, 2.05) is 6.07 Å². The molecular weight excluding hydrogens is 198 g/mol. The third kappa shape index (κ3) is 2.75. The summed E-state index contributed by atoms with van der Waals surface area (Å²) in [6.07, 6.45) is 2.20. The molecule has 1 aliphatic carbocycles. The van der Waals surface area contributed by atoms with Crippen LogP contribution in [-0.4, -0.2) is 18.5 Å². The Morgan fingerprint density at radius 3 is 2.88 bits per heavy atom. The first-order valence-electron chi connectivity index (χ1n) is 5.92. The normalized spacial score (nSPS) is 24.2. The summed E-state index contributed by atoms with van der Waals surface area (Å²) in [4.78, 5) is 4.23. The van der Waals surface area contributed by atoms with Crippen LogP contribution in [0, 0.1) is 0 Å². The number of nitrogens with zero attached hydrogens (tertiary/aromatic N) is 1. The van der Waals surface area contributed by atoms with E-state index in [9.17, 15) is 0 Å². The molecule has 1 aromatic rings. The first kappa shape index (κ1) is 11.0. The topological polar surface area (TPSA) is 50.4 Å². The summed E-state index contributed by atoms with van der Waals surface area (Å²) in [6, 6.07) is 11.0. The molecule has 2 unspecified atom stereocenters. The second-order valence-corrected chi connectivity index (χ2v) is 4.27. The van der Waals surface area contributed by atoms with E-state index in [-0.39, 0.29) is 0 Å². The van der Waals surface area contributed by atoms with Crippen molar-refractivity contribution in [1.29, 1.82) is 0 Å². The number of hydrogen-bond acceptors (Lipinski definition) is 1. The highest BCUT2D eigenvalue weighted by atomic mass is 15.1. The van der Waals surface area contributed by atoms with Gasteiger partial charge in [-0.2, -0.15) is 0 Å². The number of guanidine groups is 1. The van der Waals surface area contributed by atoms with Gasteiger partial charge in [0.2, 0.25) is 0 Å². The van der Waals surface area contributed by atoms with Gasteiger partial charge in [-0.05, 0) is 18.4 Å². The molecular formula is C13H19N3. The van der Waals surface area contributed by atoms with E-state index in [1.165, 1.54) is 5.56 Å². The van der Waals surface area contributed by atoms with E-state index in [4.69, 9.17) is 5.73 Å². The van der Waals surface area contributed by atoms with Gasteiger partial charge in [0, 0.05) is 18.5 Å². The Morgan fingerprint density at radius 2 is 2.19 bits per heavy atom. The van der Waals surface area contributed by atoms with Gasteiger partial charge in [-0.3, -0.25) is 4.99 Å². The second kappa shape index (κ2) is 5.01. The molecule has 16 heavy (non-hydrogen) atoms. The lowest BCUT2D eigenvalue weighted by Crippen LogP contribution is -2.34. The highest BCUT2D eigenvalue weighted by Gasteiger charge is 2.38. The van der Waals surface area contributed by atoms with Gasteiger partial charge in [0.05, 0.1) is 0 Å². The summed E-state index contributed by atoms with van der Waals surface area (Å²) in [5.74, 6) is 1.20. The van der Waals surface area contributed by atoms with Crippen LogP contribution < -0.4 is 11.1 Å². The number of nitrogens with one attached hydrogen (secondary N) is 1. The van der Waals surface area contributed by atoms with Crippen LogP contribution in [0.15, 0.2) is 35.3 Å². The minimum absolute atomic E-state index is 0.475. The van der Waals surface area contributed by atoms with E-state index in [0.29, 0.717) is 17.9 Å². The molecule has 0 spiro atoms. The highest BCUT2D eigenvalue weighted by molar-refractivity contribution is 5.78. The number of nitrogens with two attached hydrogens (primary N) is 1. The lowest BCUT2D eigenvalue weighted by atomic mass is 10.1. The van der Waals surface area contributed by atoms with Gasteiger partial charge in [-0.1, -0.05) is 37.3 Å². The minimum Gasteiger partial charge on any atom is -0.370 e. The van der Waals surface area contributed by atoms with Gasteiger partial charge < -0.3 is 11.1 Å². The Labute approximate surface area is 96.8 Å². The predicted octanol–water partition coefficient (Wildman–Crippen LogP) is 1.86. The third-order valence-electron chi connectivity index (χ3n) is 2.86. The van der Waals surface area contributed by atoms with Crippen molar-refractivity contribution in [3.63, 3.8) is 0 Å². The molecule has 0 aliphatic heterocycles. The van der Waals surface area contributed by atoms with Crippen LogP contribution >= 0.6 is 0 Å². The van der Waals surface area contributed by atoms with Crippen LogP contribution in [0.5, 0.6) is 0 Å². The Hall–Kier alpha value is -1.51. The molecule has 0 saturated heterocycles. The molecule has 1 aliphatic rings. The SMILES string of the molecule is CCCN=C(N)NC1CC1c1ccccc1. The molecule has 1 fully saturated rings. The van der Waals surface area contributed by atoms with Crippen LogP contribution in [0.25, 0.3) is 0 Å². The Kier molecular flexibility index (Phi) is 3.44. The molecule has 0 bridgehead atoms. The summed E-state index contributed by atoms with van der Waals surface area (Å²) in [5, 5.41) is 3.26. The third-order valence-corrected chi connectivity index (χ3v) is 2.86. The maximum Gasteiger partial charge on any atom is 0.188 e. The molecule has 1 saturated carbocycles. The van der Waals surface area contributed by atoms with Crippen molar-refractivity contribution in [2.45, 2.75) is 31.7 Å². The van der Waals surface area contributed by atoms with Crippen molar-refractivity contribution in [3.05, 3.63) is 35.9 Å². The molecule has 3 N–H and O–H groups in total. The van der Waals surface area contributed by atoms with Gasteiger partial charge in [0.25, 0.3) is 0 Å². The maximum atomic E-state index is 5.78. The summed E-state index contributed by atoms with van der Waals surface area (Å²) >= 11 is 0. The van der Waals surface area contributed by atoms with Gasteiger partial charge in [0.15, 0.2) is 5.96 Å². The number of aliphatic imine (C=N–C) groups is 1. The fourth-order valence-electron chi connectivity index (χ4n) is 1.89. The van der Waals surface area contributed by atoms with Crippen molar-refractivity contribution in [2.24, 2.45) is 10.7 Å². The van der Waals surface area contributed by atoms with Crippen LogP contribution in [0.4, 0.5) is 0 Å². The van der Waals surface area contributed by atoms with Gasteiger partial charge in [0.1, 0.15) is 0 Å². The monoisotopic (exact) mass is 217 g/mol. The number of rotatable bonds is 4. The molecule has 0 radical (unpaired) electrons. The second-order valence-electron chi connectivity index (χ2n) is 4.27. The van der Waals surface area contributed by atoms with Crippen LogP contribution in [0.2, 0.25) is 0 Å². The largest absolute Gasteiger partial charge is 0.370 e. The number of benzene rings is 1. The van der Waals surface area contributed by atoms with Crippen molar-refractivity contribution >= 4 is 5.96 Å². The summed E-state index contributed by atoms with van der Waals surface area (Å²) in [7, 11) is 0. The molecule has 2 rings (SSSR count). The molecule has 2 atom stereocenters. The molecule has 1 aromatic carbocycles. The summed E-state index contributed by atoms with van der Waals surface area (Å²) < 4.78 is 0. The van der Waals surface area contributed by atoms with Crippen molar-refractivity contribution in [2.75, 3.05) is 6.54 Å². The van der Waals surface area contributed by atoms with Crippen LogP contribution in [-0.2, 0) is 0 Å². The zero-order valence-corrected chi connectivity index (χ0v) is 9.69. The zero-order chi connectivity index (χ0) is 11.4. The minimum atomic E-state index is 0.475. The molecule has 0 aromatic heterocycles. The molecule has 86 valence electrons. The first-order chi connectivity index (χ1) is 7.81. The maximum absolute atomic E-state index is 5.78. The zero-order valence-electron chi connectivity index (χ0n) is 9.69. The van der Waals surface area contributed by atoms with Crippen LogP contribution in [0.3, 0.4) is 0 Å². The first-order valence-corrected chi connectivity index (χ1v) is 5.92. The van der Waals surface area contributed by atoms with Crippen molar-refractivity contribution in [3.8, 4) is 0 Å². The number of hydrogen-bond donors (Lipinski definition) is 2. The van der Waals surface area contributed by atoms with Crippen molar-refractivity contribution < 1.29 is 0 Å². The van der Waals surface area contributed by atoms with E-state index < -0.39 is 0 Å². The van der Waals surface area contributed by atoms with E-state index in [2.05, 4.69) is 41.5 Å². The Balaban J connectivity index is 1.84. The van der Waals surface area contributed by atoms with Crippen LogP contribution in [0.1, 0.15) is 31.2 Å². The lowest BCUT2D eigenvalue weighted by molar-refractivity contribution is 0.838. The lowest BCUT2D eigenvalue weighted by Gasteiger charge is -2.04. The Bertz CT molecular complexity index is 359. The predicted molar refractivity (Wildman–Crippen MR) is 67.5 cm³/mol. The fraction of sp³-hybridized carbons (Fsp3) is 0.462. The van der Waals surface area contributed by atoms with Gasteiger partial charge in [-0.25, -0.2) is 0 Å². The molecule has 0 amide bonds. The summed E-state index contributed by atoms with van der Waals surface area (Å²) in [5.41, 5.74) is 7.17. The quantitative estimate of drug-likeness (QED) is 0.597. The van der Waals surface area contributed by atoms with E-state index in [0.717, 1.165) is 19.4 Å². The van der Waals surface area contributed by atoms with E-state index in [1.54, 1.807) is 0 Å².